The lowest BCUT2D eigenvalue weighted by Crippen LogP contribution is -2.55. The highest BCUT2D eigenvalue weighted by molar-refractivity contribution is 7.90. The van der Waals surface area contributed by atoms with Crippen molar-refractivity contribution in [3.8, 4) is 6.07 Å². The number of nitriles is 1. The molecule has 0 bridgehead atoms. The number of aryl methyl sites for hydroxylation is 1. The number of amides is 1. The van der Waals surface area contributed by atoms with Crippen molar-refractivity contribution in [2.75, 3.05) is 18.0 Å². The number of nitrogens with zero attached hydrogens (tertiary/aromatic N) is 3. The molecule has 186 valence electrons. The molecule has 1 amide bonds. The molecule has 2 heterocycles. The number of alkyl halides is 3. The van der Waals surface area contributed by atoms with E-state index in [2.05, 4.69) is 4.98 Å². The monoisotopic (exact) mass is 510 g/mol. The van der Waals surface area contributed by atoms with Crippen molar-refractivity contribution < 1.29 is 35.9 Å². The van der Waals surface area contributed by atoms with Crippen LogP contribution >= 0.6 is 0 Å². The van der Waals surface area contributed by atoms with Crippen LogP contribution in [0.4, 0.5) is 19.0 Å². The Hall–Kier alpha value is -3.66. The van der Waals surface area contributed by atoms with Gasteiger partial charge in [0.25, 0.3) is 10.0 Å². The molecule has 1 saturated heterocycles. The van der Waals surface area contributed by atoms with Gasteiger partial charge in [-0.25, -0.2) is 22.9 Å². The summed E-state index contributed by atoms with van der Waals surface area (Å²) in [5.41, 5.74) is -0.474. The molecule has 0 saturated carbocycles. The van der Waals surface area contributed by atoms with E-state index in [1.165, 1.54) is 6.07 Å². The number of benzene rings is 1. The predicted molar refractivity (Wildman–Crippen MR) is 117 cm³/mol. The first kappa shape index (κ1) is 26.0. The Bertz CT molecular complexity index is 1300. The number of ether oxygens (including phenoxy) is 1. The van der Waals surface area contributed by atoms with Gasteiger partial charge in [0.1, 0.15) is 11.9 Å². The lowest BCUT2D eigenvalue weighted by atomic mass is 9.98. The molecule has 1 N–H and O–H groups in total. The molecule has 1 aromatic heterocycles. The van der Waals surface area contributed by atoms with Gasteiger partial charge in [-0.05, 0) is 51.1 Å². The van der Waals surface area contributed by atoms with Crippen molar-refractivity contribution in [1.82, 2.24) is 9.71 Å². The lowest BCUT2D eigenvalue weighted by molar-refractivity contribution is -0.137. The fourth-order valence-corrected chi connectivity index (χ4v) is 4.36. The summed E-state index contributed by atoms with van der Waals surface area (Å²) in [7, 11) is -4.37. The van der Waals surface area contributed by atoms with Crippen LogP contribution in [0.15, 0.2) is 35.2 Å². The van der Waals surface area contributed by atoms with Gasteiger partial charge >= 0.3 is 12.1 Å². The molecule has 0 unspecified atom stereocenters. The standard InChI is InChI=1S/C22H21F3N4O5S/c1-12(2)34-21(31)18-8-14(9-26)19(27-13(18)3)29-10-15(11-29)20(30)28-35(32,33)17-6-4-16(5-7-17)22(23,24)25/h4-8,12,15H,10-11H2,1-3H3,(H,28,30). The average Bonchev–Trinajstić information content (AvgIpc) is 2.71. The lowest BCUT2D eigenvalue weighted by Gasteiger charge is -2.39. The maximum atomic E-state index is 12.7. The minimum atomic E-state index is -4.62. The van der Waals surface area contributed by atoms with Crippen molar-refractivity contribution >= 4 is 27.7 Å². The molecule has 35 heavy (non-hydrogen) atoms. The number of halogens is 3. The number of aromatic nitrogens is 1. The van der Waals surface area contributed by atoms with Crippen LogP contribution in [-0.2, 0) is 25.7 Å². The second kappa shape index (κ2) is 9.53. The number of nitrogens with one attached hydrogen (secondary N) is 1. The number of hydrogen-bond acceptors (Lipinski definition) is 8. The van der Waals surface area contributed by atoms with Gasteiger partial charge in [-0.1, -0.05) is 0 Å². The van der Waals surface area contributed by atoms with E-state index >= 15 is 0 Å². The number of hydrogen-bond donors (Lipinski definition) is 1. The van der Waals surface area contributed by atoms with Crippen LogP contribution in [0.5, 0.6) is 0 Å². The highest BCUT2D eigenvalue weighted by atomic mass is 32.2. The van der Waals surface area contributed by atoms with Gasteiger partial charge in [0.2, 0.25) is 5.91 Å². The third-order valence-corrected chi connectivity index (χ3v) is 6.52. The highest BCUT2D eigenvalue weighted by Crippen LogP contribution is 2.30. The number of sulfonamides is 1. The number of esters is 1. The number of carbonyl (C=O) groups is 2. The van der Waals surface area contributed by atoms with Gasteiger partial charge < -0.3 is 9.64 Å². The molecule has 9 nitrogen and oxygen atoms in total. The zero-order chi connectivity index (χ0) is 26.1. The smallest absolute Gasteiger partial charge is 0.416 e. The van der Waals surface area contributed by atoms with Gasteiger partial charge in [-0.15, -0.1) is 0 Å². The number of rotatable bonds is 6. The van der Waals surface area contributed by atoms with Gasteiger partial charge in [0.15, 0.2) is 0 Å². The first-order valence-corrected chi connectivity index (χ1v) is 11.8. The van der Waals surface area contributed by atoms with Crippen molar-refractivity contribution in [3.63, 3.8) is 0 Å². The number of pyridine rings is 1. The Labute approximate surface area is 199 Å². The van der Waals surface area contributed by atoms with Crippen LogP contribution in [0.1, 0.15) is 41.0 Å². The van der Waals surface area contributed by atoms with Crippen LogP contribution < -0.4 is 9.62 Å². The van der Waals surface area contributed by atoms with E-state index in [4.69, 9.17) is 4.74 Å². The van der Waals surface area contributed by atoms with E-state index in [1.54, 1.807) is 25.7 Å². The molecule has 1 aliphatic heterocycles. The summed E-state index contributed by atoms with van der Waals surface area (Å²) < 4.78 is 69.8. The van der Waals surface area contributed by atoms with Crippen LogP contribution in [0, 0.1) is 24.2 Å². The first-order chi connectivity index (χ1) is 16.2. The van der Waals surface area contributed by atoms with E-state index in [-0.39, 0.29) is 36.1 Å². The molecule has 1 fully saturated rings. The molecule has 1 aromatic carbocycles. The number of carbonyl (C=O) groups excluding carboxylic acids is 2. The van der Waals surface area contributed by atoms with E-state index in [0.29, 0.717) is 17.8 Å². The first-order valence-electron chi connectivity index (χ1n) is 10.3. The highest BCUT2D eigenvalue weighted by Gasteiger charge is 2.37. The van der Waals surface area contributed by atoms with Crippen LogP contribution in [0.3, 0.4) is 0 Å². The van der Waals surface area contributed by atoms with Crippen LogP contribution in [0.2, 0.25) is 0 Å². The molecule has 2 aromatic rings. The summed E-state index contributed by atoms with van der Waals surface area (Å²) in [5.74, 6) is -1.99. The summed E-state index contributed by atoms with van der Waals surface area (Å²) in [6.45, 7) is 5.03. The van der Waals surface area contributed by atoms with Gasteiger partial charge in [0, 0.05) is 13.1 Å². The topological polar surface area (TPSA) is 129 Å². The second-order valence-electron chi connectivity index (χ2n) is 8.15. The fraction of sp³-hybridized carbons (Fsp3) is 0.364. The van der Waals surface area contributed by atoms with E-state index in [9.17, 15) is 36.4 Å². The number of anilines is 1. The zero-order valence-corrected chi connectivity index (χ0v) is 19.7. The van der Waals surface area contributed by atoms with Crippen LogP contribution in [-0.4, -0.2) is 44.5 Å². The summed E-state index contributed by atoms with van der Waals surface area (Å²) >= 11 is 0. The summed E-state index contributed by atoms with van der Waals surface area (Å²) in [6.07, 6.45) is -4.98. The summed E-state index contributed by atoms with van der Waals surface area (Å²) in [4.78, 5) is 30.1. The minimum absolute atomic E-state index is 0.0469. The van der Waals surface area contributed by atoms with Gasteiger partial charge in [0.05, 0.1) is 39.3 Å². The van der Waals surface area contributed by atoms with E-state index in [1.807, 2.05) is 10.8 Å². The maximum Gasteiger partial charge on any atom is 0.416 e. The zero-order valence-electron chi connectivity index (χ0n) is 18.9. The minimum Gasteiger partial charge on any atom is -0.459 e. The third kappa shape index (κ3) is 5.71. The Morgan fingerprint density at radius 2 is 1.83 bits per heavy atom. The molecule has 0 radical (unpaired) electrons. The van der Waals surface area contributed by atoms with Gasteiger partial charge in [-0.3, -0.25) is 4.79 Å². The molecular weight excluding hydrogens is 489 g/mol. The summed E-state index contributed by atoms with van der Waals surface area (Å²) in [5, 5.41) is 9.49. The SMILES string of the molecule is Cc1nc(N2CC(C(=O)NS(=O)(=O)c3ccc(C(F)(F)F)cc3)C2)c(C#N)cc1C(=O)OC(C)C. The largest absolute Gasteiger partial charge is 0.459 e. The summed E-state index contributed by atoms with van der Waals surface area (Å²) in [6, 6.07) is 6.06. The predicted octanol–water partition coefficient (Wildman–Crippen LogP) is 2.79. The fourth-order valence-electron chi connectivity index (χ4n) is 3.32. The van der Waals surface area contributed by atoms with Gasteiger partial charge in [-0.2, -0.15) is 18.4 Å². The molecule has 3 rings (SSSR count). The average molecular weight is 510 g/mol. The quantitative estimate of drug-likeness (QED) is 0.588. The molecule has 0 aliphatic carbocycles. The van der Waals surface area contributed by atoms with Crippen molar-refractivity contribution in [2.45, 2.75) is 37.9 Å². The Morgan fingerprint density at radius 3 is 2.34 bits per heavy atom. The Morgan fingerprint density at radius 1 is 1.23 bits per heavy atom. The Kier molecular flexibility index (Phi) is 7.07. The van der Waals surface area contributed by atoms with E-state index < -0.39 is 44.5 Å². The van der Waals surface area contributed by atoms with Crippen molar-refractivity contribution in [2.24, 2.45) is 5.92 Å². The molecule has 0 atom stereocenters. The molecule has 0 spiro atoms. The third-order valence-electron chi connectivity index (χ3n) is 5.15. The van der Waals surface area contributed by atoms with Crippen molar-refractivity contribution in [1.29, 1.82) is 5.26 Å². The molecular formula is C22H21F3N4O5S. The molecule has 1 aliphatic rings. The maximum absolute atomic E-state index is 12.7. The normalized spacial score (nSPS) is 14.3. The van der Waals surface area contributed by atoms with Crippen LogP contribution in [0.25, 0.3) is 0 Å². The van der Waals surface area contributed by atoms with E-state index in [0.717, 1.165) is 12.1 Å². The van der Waals surface area contributed by atoms with Crippen molar-refractivity contribution in [3.05, 3.63) is 52.7 Å². The molecule has 13 heteroatoms. The second-order valence-corrected chi connectivity index (χ2v) is 9.83. The Balaban J connectivity index is 1.68.